The maximum Gasteiger partial charge on any atom is 0.0641 e. The summed E-state index contributed by atoms with van der Waals surface area (Å²) in [6.45, 7) is 4.45. The van der Waals surface area contributed by atoms with E-state index in [9.17, 15) is 0 Å². The first-order valence-corrected chi connectivity index (χ1v) is 9.33. The standard InChI is InChI=1S/C21H21Cl2N/c1-12(2)13-6-8-14(9-7-13)20-16-5-3-4-15(16)19-17(22)10-11-18(23)21(19)24-20/h3-4,6-12,15-16,20,24H,5H2,1-2H3/t15-,16+,20+/m1/s1. The van der Waals surface area contributed by atoms with Crippen molar-refractivity contribution in [2.45, 2.75) is 38.1 Å². The van der Waals surface area contributed by atoms with Gasteiger partial charge in [0.1, 0.15) is 0 Å². The number of hydrogen-bond donors (Lipinski definition) is 1. The second kappa shape index (κ2) is 6.13. The van der Waals surface area contributed by atoms with Gasteiger partial charge in [-0.25, -0.2) is 0 Å². The van der Waals surface area contributed by atoms with Crippen LogP contribution in [-0.4, -0.2) is 0 Å². The van der Waals surface area contributed by atoms with Gasteiger partial charge in [-0.05, 0) is 41.5 Å². The van der Waals surface area contributed by atoms with Crippen LogP contribution in [0.4, 0.5) is 5.69 Å². The average Bonchev–Trinajstić information content (AvgIpc) is 3.07. The Balaban J connectivity index is 1.77. The highest BCUT2D eigenvalue weighted by molar-refractivity contribution is 6.36. The van der Waals surface area contributed by atoms with Crippen LogP contribution in [0.5, 0.6) is 0 Å². The number of benzene rings is 2. The molecule has 0 saturated carbocycles. The molecule has 1 heterocycles. The summed E-state index contributed by atoms with van der Waals surface area (Å²) in [5.74, 6) is 1.37. The Bertz CT molecular complexity index is 792. The zero-order valence-electron chi connectivity index (χ0n) is 13.9. The molecule has 4 rings (SSSR count). The molecular weight excluding hydrogens is 337 g/mol. The van der Waals surface area contributed by atoms with Gasteiger partial charge in [-0.1, -0.05) is 73.5 Å². The lowest BCUT2D eigenvalue weighted by atomic mass is 9.77. The molecule has 124 valence electrons. The molecule has 1 nitrogen and oxygen atoms in total. The number of allylic oxidation sites excluding steroid dienone is 2. The van der Waals surface area contributed by atoms with Crippen LogP contribution in [0.25, 0.3) is 0 Å². The SMILES string of the molecule is CC(C)c1ccc([C@@H]2Nc3c(Cl)ccc(Cl)c3[C@@H]3C=CC[C@@H]32)cc1. The molecule has 1 aliphatic carbocycles. The molecule has 24 heavy (non-hydrogen) atoms. The zero-order valence-corrected chi connectivity index (χ0v) is 15.4. The summed E-state index contributed by atoms with van der Waals surface area (Å²) in [6, 6.07) is 13.0. The van der Waals surface area contributed by atoms with E-state index < -0.39 is 0 Å². The van der Waals surface area contributed by atoms with Crippen LogP contribution in [-0.2, 0) is 0 Å². The minimum absolute atomic E-state index is 0.259. The third-order valence-corrected chi connectivity index (χ3v) is 6.02. The summed E-state index contributed by atoms with van der Waals surface area (Å²) in [7, 11) is 0. The third-order valence-electron chi connectivity index (χ3n) is 5.38. The largest absolute Gasteiger partial charge is 0.376 e. The van der Waals surface area contributed by atoms with Crippen LogP contribution in [0.2, 0.25) is 10.0 Å². The van der Waals surface area contributed by atoms with Crippen molar-refractivity contribution < 1.29 is 0 Å². The third kappa shape index (κ3) is 2.55. The predicted octanol–water partition coefficient (Wildman–Crippen LogP) is 6.94. The minimum atomic E-state index is 0.259. The predicted molar refractivity (Wildman–Crippen MR) is 103 cm³/mol. The Morgan fingerprint density at radius 3 is 2.42 bits per heavy atom. The van der Waals surface area contributed by atoms with E-state index in [1.54, 1.807) is 0 Å². The van der Waals surface area contributed by atoms with Crippen molar-refractivity contribution in [3.63, 3.8) is 0 Å². The van der Waals surface area contributed by atoms with E-state index >= 15 is 0 Å². The Morgan fingerprint density at radius 2 is 1.71 bits per heavy atom. The van der Waals surface area contributed by atoms with E-state index in [0.717, 1.165) is 27.7 Å². The average molecular weight is 358 g/mol. The molecule has 0 saturated heterocycles. The Morgan fingerprint density at radius 1 is 1.00 bits per heavy atom. The highest BCUT2D eigenvalue weighted by Crippen LogP contribution is 2.53. The highest BCUT2D eigenvalue weighted by Gasteiger charge is 2.39. The maximum absolute atomic E-state index is 6.50. The van der Waals surface area contributed by atoms with Gasteiger partial charge in [0.05, 0.1) is 16.8 Å². The van der Waals surface area contributed by atoms with E-state index in [0.29, 0.717) is 17.8 Å². The van der Waals surface area contributed by atoms with Gasteiger partial charge in [-0.2, -0.15) is 0 Å². The second-order valence-electron chi connectivity index (χ2n) is 7.11. The topological polar surface area (TPSA) is 12.0 Å². The van der Waals surface area contributed by atoms with Crippen LogP contribution in [0.1, 0.15) is 54.8 Å². The lowest BCUT2D eigenvalue weighted by Crippen LogP contribution is -2.29. The van der Waals surface area contributed by atoms with Gasteiger partial charge in [0.15, 0.2) is 0 Å². The van der Waals surface area contributed by atoms with Crippen LogP contribution in [0.15, 0.2) is 48.6 Å². The van der Waals surface area contributed by atoms with Crippen molar-refractivity contribution >= 4 is 28.9 Å². The van der Waals surface area contributed by atoms with E-state index in [2.05, 4.69) is 55.6 Å². The molecule has 0 bridgehead atoms. The highest BCUT2D eigenvalue weighted by atomic mass is 35.5. The van der Waals surface area contributed by atoms with Crippen molar-refractivity contribution in [1.29, 1.82) is 0 Å². The molecule has 3 atom stereocenters. The van der Waals surface area contributed by atoms with Gasteiger partial charge < -0.3 is 5.32 Å². The molecule has 2 aromatic rings. The fourth-order valence-electron chi connectivity index (χ4n) is 4.05. The molecule has 2 aromatic carbocycles. The number of rotatable bonds is 2. The second-order valence-corrected chi connectivity index (χ2v) is 7.93. The fourth-order valence-corrected chi connectivity index (χ4v) is 4.55. The van der Waals surface area contributed by atoms with Crippen LogP contribution < -0.4 is 5.32 Å². The molecule has 3 heteroatoms. The number of anilines is 1. The van der Waals surface area contributed by atoms with Crippen LogP contribution >= 0.6 is 23.2 Å². The van der Waals surface area contributed by atoms with Crippen LogP contribution in [0.3, 0.4) is 0 Å². The first-order valence-electron chi connectivity index (χ1n) is 8.57. The normalized spacial score (nSPS) is 24.6. The lowest BCUT2D eigenvalue weighted by molar-refractivity contribution is 0.425. The van der Waals surface area contributed by atoms with Crippen LogP contribution in [0, 0.1) is 5.92 Å². The van der Waals surface area contributed by atoms with Gasteiger partial charge in [-0.15, -0.1) is 0 Å². The van der Waals surface area contributed by atoms with E-state index in [1.807, 2.05) is 12.1 Å². The van der Waals surface area contributed by atoms with E-state index in [1.165, 1.54) is 11.1 Å². The van der Waals surface area contributed by atoms with Gasteiger partial charge in [0.25, 0.3) is 0 Å². The summed E-state index contributed by atoms with van der Waals surface area (Å²) >= 11 is 13.0. The van der Waals surface area contributed by atoms with Crippen molar-refractivity contribution in [3.05, 3.63) is 75.3 Å². The van der Waals surface area contributed by atoms with Gasteiger partial charge in [0, 0.05) is 16.5 Å². The number of nitrogens with one attached hydrogen (secondary N) is 1. The summed E-state index contributed by atoms with van der Waals surface area (Å²) < 4.78 is 0. The van der Waals surface area contributed by atoms with E-state index in [-0.39, 0.29) is 6.04 Å². The quantitative estimate of drug-likeness (QED) is 0.573. The first kappa shape index (κ1) is 16.1. The zero-order chi connectivity index (χ0) is 16.8. The van der Waals surface area contributed by atoms with E-state index in [4.69, 9.17) is 23.2 Å². The summed E-state index contributed by atoms with van der Waals surface area (Å²) in [4.78, 5) is 0. The number of halogens is 2. The molecule has 0 amide bonds. The summed E-state index contributed by atoms with van der Waals surface area (Å²) in [5.41, 5.74) is 4.84. The molecule has 0 spiro atoms. The number of hydrogen-bond acceptors (Lipinski definition) is 1. The van der Waals surface area contributed by atoms with Crippen molar-refractivity contribution in [3.8, 4) is 0 Å². The van der Waals surface area contributed by atoms with Gasteiger partial charge >= 0.3 is 0 Å². The molecule has 0 radical (unpaired) electrons. The molecule has 0 unspecified atom stereocenters. The fraction of sp³-hybridized carbons (Fsp3) is 0.333. The molecule has 1 aliphatic heterocycles. The maximum atomic E-state index is 6.50. The smallest absolute Gasteiger partial charge is 0.0641 e. The molecule has 0 fully saturated rings. The Hall–Kier alpha value is -1.44. The molecule has 0 aromatic heterocycles. The van der Waals surface area contributed by atoms with Gasteiger partial charge in [-0.3, -0.25) is 0 Å². The number of fused-ring (bicyclic) bond motifs is 3. The minimum Gasteiger partial charge on any atom is -0.376 e. The Kier molecular flexibility index (Phi) is 4.10. The molecular formula is C21H21Cl2N. The molecule has 1 N–H and O–H groups in total. The van der Waals surface area contributed by atoms with Gasteiger partial charge in [0.2, 0.25) is 0 Å². The first-order chi connectivity index (χ1) is 11.6. The van der Waals surface area contributed by atoms with Crippen molar-refractivity contribution in [1.82, 2.24) is 0 Å². The lowest BCUT2D eigenvalue weighted by Gasteiger charge is -2.38. The van der Waals surface area contributed by atoms with Crippen molar-refractivity contribution in [2.24, 2.45) is 5.92 Å². The summed E-state index contributed by atoms with van der Waals surface area (Å²) in [6.07, 6.45) is 5.64. The Labute approximate surface area is 153 Å². The van der Waals surface area contributed by atoms with Crippen molar-refractivity contribution in [2.75, 3.05) is 5.32 Å². The summed E-state index contributed by atoms with van der Waals surface area (Å²) in [5, 5.41) is 5.24. The monoisotopic (exact) mass is 357 g/mol. The molecule has 2 aliphatic rings.